The van der Waals surface area contributed by atoms with E-state index < -0.39 is 0 Å². The van der Waals surface area contributed by atoms with E-state index in [4.69, 9.17) is 4.74 Å². The molecule has 0 amide bonds. The van der Waals surface area contributed by atoms with Gasteiger partial charge in [-0.05, 0) is 93.3 Å². The molecule has 1 N–H and O–H groups in total. The molecule has 4 fully saturated rings. The number of esters is 1. The van der Waals surface area contributed by atoms with E-state index in [9.17, 15) is 9.90 Å². The largest absolute Gasteiger partial charge is 0.459 e. The van der Waals surface area contributed by atoms with Crippen molar-refractivity contribution in [2.24, 2.45) is 34.5 Å². The molecule has 5 rings (SSSR count). The van der Waals surface area contributed by atoms with E-state index in [0.717, 1.165) is 43.4 Å². The maximum atomic E-state index is 11.9. The Labute approximate surface area is 163 Å². The summed E-state index contributed by atoms with van der Waals surface area (Å²) in [4.78, 5) is 11.9. The van der Waals surface area contributed by atoms with E-state index in [1.165, 1.54) is 32.1 Å². The molecule has 1 heterocycles. The molecule has 0 radical (unpaired) electrons. The zero-order chi connectivity index (χ0) is 19.0. The van der Waals surface area contributed by atoms with Crippen molar-refractivity contribution in [2.75, 3.05) is 0 Å². The van der Waals surface area contributed by atoms with Crippen LogP contribution in [-0.2, 0) is 9.53 Å². The van der Waals surface area contributed by atoms with Crippen molar-refractivity contribution < 1.29 is 14.6 Å². The van der Waals surface area contributed by atoms with Crippen LogP contribution in [0.15, 0.2) is 11.6 Å². The molecule has 150 valence electrons. The fourth-order valence-electron chi connectivity index (χ4n) is 8.60. The Morgan fingerprint density at radius 1 is 1.04 bits per heavy atom. The lowest BCUT2D eigenvalue weighted by Crippen LogP contribution is -2.53. The van der Waals surface area contributed by atoms with Crippen molar-refractivity contribution in [2.45, 2.75) is 96.7 Å². The average molecular weight is 373 g/mol. The van der Waals surface area contributed by atoms with Crippen molar-refractivity contribution in [3.05, 3.63) is 11.6 Å². The van der Waals surface area contributed by atoms with E-state index in [0.29, 0.717) is 23.2 Å². The number of cyclic esters (lactones) is 1. The third-order valence-electron chi connectivity index (χ3n) is 9.99. The highest BCUT2D eigenvalue weighted by Gasteiger charge is 2.62. The molecule has 3 saturated carbocycles. The molecule has 5 aliphatic rings. The van der Waals surface area contributed by atoms with Gasteiger partial charge in [-0.3, -0.25) is 4.79 Å². The second-order valence-electron chi connectivity index (χ2n) is 11.1. The molecule has 0 spiro atoms. The summed E-state index contributed by atoms with van der Waals surface area (Å²) >= 11 is 0. The summed E-state index contributed by atoms with van der Waals surface area (Å²) in [7, 11) is 0. The van der Waals surface area contributed by atoms with Crippen LogP contribution in [0.2, 0.25) is 0 Å². The number of ether oxygens (including phenoxy) is 1. The molecule has 0 bridgehead atoms. The van der Waals surface area contributed by atoms with Gasteiger partial charge in [0, 0.05) is 12.3 Å². The van der Waals surface area contributed by atoms with Crippen LogP contribution in [0.3, 0.4) is 0 Å². The van der Waals surface area contributed by atoms with E-state index in [1.807, 2.05) is 0 Å². The highest BCUT2D eigenvalue weighted by atomic mass is 16.6. The third-order valence-corrected chi connectivity index (χ3v) is 9.99. The van der Waals surface area contributed by atoms with E-state index in [2.05, 4.69) is 26.8 Å². The minimum atomic E-state index is -0.234. The number of carbonyl (C=O) groups is 1. The van der Waals surface area contributed by atoms with Gasteiger partial charge in [-0.25, -0.2) is 0 Å². The minimum absolute atomic E-state index is 0.0109. The predicted molar refractivity (Wildman–Crippen MR) is 105 cm³/mol. The molecule has 0 aromatic rings. The first-order valence-electron chi connectivity index (χ1n) is 11.4. The summed E-state index contributed by atoms with van der Waals surface area (Å²) in [6, 6.07) is 0. The molecule has 0 aromatic carbocycles. The normalized spacial score (nSPS) is 54.6. The monoisotopic (exact) mass is 372 g/mol. The molecule has 27 heavy (non-hydrogen) atoms. The van der Waals surface area contributed by atoms with Crippen molar-refractivity contribution in [1.82, 2.24) is 0 Å². The van der Waals surface area contributed by atoms with Crippen LogP contribution in [-0.4, -0.2) is 22.8 Å². The van der Waals surface area contributed by atoms with E-state index in [-0.39, 0.29) is 17.7 Å². The van der Waals surface area contributed by atoms with Gasteiger partial charge in [-0.1, -0.05) is 25.5 Å². The molecule has 3 nitrogen and oxygen atoms in total. The summed E-state index contributed by atoms with van der Waals surface area (Å²) < 4.78 is 5.92. The Balaban J connectivity index is 1.44. The lowest BCUT2D eigenvalue weighted by Gasteiger charge is -2.58. The summed E-state index contributed by atoms with van der Waals surface area (Å²) in [6.07, 6.45) is 13.2. The topological polar surface area (TPSA) is 46.5 Å². The maximum Gasteiger partial charge on any atom is 0.306 e. The van der Waals surface area contributed by atoms with Crippen LogP contribution in [0.4, 0.5) is 0 Å². The van der Waals surface area contributed by atoms with Crippen LogP contribution in [0, 0.1) is 34.5 Å². The van der Waals surface area contributed by atoms with E-state index in [1.54, 1.807) is 5.57 Å². The van der Waals surface area contributed by atoms with E-state index >= 15 is 0 Å². The van der Waals surface area contributed by atoms with Crippen molar-refractivity contribution >= 4 is 5.97 Å². The highest BCUT2D eigenvalue weighted by molar-refractivity contribution is 5.72. The number of rotatable bonds is 1. The third kappa shape index (κ3) is 2.46. The standard InChI is InChI=1S/C24H36O3/c1-22-11-8-16(25)14-15(22)4-5-17-18-6-7-20(23(18,2)12-9-19(17)22)24(3)13-10-21(26)27-24/h4,16-20,25H,5-14H2,1-3H3/t16-,17-,18-,19+,20-,22-,23-,24-/m0/s1. The van der Waals surface area contributed by atoms with Crippen LogP contribution in [0.1, 0.15) is 85.0 Å². The SMILES string of the molecule is C[C@]12CC[C@@H]3[C@@H](CC=C4C[C@@H](O)CC[C@@]43C)[C@@H]1CC[C@@H]2[C@]1(C)CCC(=O)O1. The second kappa shape index (κ2) is 5.84. The van der Waals surface area contributed by atoms with Gasteiger partial charge >= 0.3 is 5.97 Å². The maximum absolute atomic E-state index is 11.9. The molecule has 1 aliphatic heterocycles. The zero-order valence-electron chi connectivity index (χ0n) is 17.3. The average Bonchev–Trinajstić information content (AvgIpc) is 3.15. The molecule has 4 aliphatic carbocycles. The lowest BCUT2D eigenvalue weighted by atomic mass is 9.46. The Morgan fingerprint density at radius 3 is 2.59 bits per heavy atom. The smallest absolute Gasteiger partial charge is 0.306 e. The molecule has 8 atom stereocenters. The van der Waals surface area contributed by atoms with Crippen molar-refractivity contribution in [1.29, 1.82) is 0 Å². The Bertz CT molecular complexity index is 683. The van der Waals surface area contributed by atoms with Gasteiger partial charge in [0.2, 0.25) is 0 Å². The fraction of sp³-hybridized carbons (Fsp3) is 0.875. The molecule has 0 unspecified atom stereocenters. The van der Waals surface area contributed by atoms with Gasteiger partial charge in [-0.15, -0.1) is 0 Å². The first kappa shape index (κ1) is 18.2. The molecule has 3 heteroatoms. The summed E-state index contributed by atoms with van der Waals surface area (Å²) in [5.74, 6) is 2.85. The summed E-state index contributed by atoms with van der Waals surface area (Å²) in [5.41, 5.74) is 1.95. The number of fused-ring (bicyclic) bond motifs is 5. The molecular formula is C24H36O3. The van der Waals surface area contributed by atoms with Crippen LogP contribution in [0.5, 0.6) is 0 Å². The fourth-order valence-corrected chi connectivity index (χ4v) is 8.60. The van der Waals surface area contributed by atoms with Crippen LogP contribution < -0.4 is 0 Å². The van der Waals surface area contributed by atoms with Gasteiger partial charge in [0.1, 0.15) is 5.60 Å². The van der Waals surface area contributed by atoms with Gasteiger partial charge < -0.3 is 9.84 Å². The second-order valence-corrected chi connectivity index (χ2v) is 11.1. The zero-order valence-corrected chi connectivity index (χ0v) is 17.3. The van der Waals surface area contributed by atoms with Gasteiger partial charge in [0.15, 0.2) is 0 Å². The number of allylic oxidation sites excluding steroid dienone is 1. The van der Waals surface area contributed by atoms with Crippen LogP contribution >= 0.6 is 0 Å². The summed E-state index contributed by atoms with van der Waals surface area (Å²) in [5, 5.41) is 10.2. The van der Waals surface area contributed by atoms with Crippen molar-refractivity contribution in [3.63, 3.8) is 0 Å². The Morgan fingerprint density at radius 2 is 1.85 bits per heavy atom. The quantitative estimate of drug-likeness (QED) is 0.519. The Hall–Kier alpha value is -0.830. The number of hydrogen-bond acceptors (Lipinski definition) is 3. The molecule has 0 aromatic heterocycles. The molecular weight excluding hydrogens is 336 g/mol. The summed E-state index contributed by atoms with van der Waals surface area (Å²) in [6.45, 7) is 7.23. The first-order chi connectivity index (χ1) is 12.8. The Kier molecular flexibility index (Phi) is 3.94. The number of hydrogen-bond donors (Lipinski definition) is 1. The van der Waals surface area contributed by atoms with Gasteiger partial charge in [-0.2, -0.15) is 0 Å². The lowest BCUT2D eigenvalue weighted by molar-refractivity contribution is -0.158. The number of carbonyl (C=O) groups excluding carboxylic acids is 1. The molecule has 1 saturated heterocycles. The number of aliphatic hydroxyl groups excluding tert-OH is 1. The van der Waals surface area contributed by atoms with Gasteiger partial charge in [0.05, 0.1) is 6.10 Å². The van der Waals surface area contributed by atoms with Crippen molar-refractivity contribution in [3.8, 4) is 0 Å². The highest BCUT2D eigenvalue weighted by Crippen LogP contribution is 2.68. The minimum Gasteiger partial charge on any atom is -0.459 e. The predicted octanol–water partition coefficient (Wildman–Crippen LogP) is 5.02. The number of aliphatic hydroxyl groups is 1. The first-order valence-corrected chi connectivity index (χ1v) is 11.4. The van der Waals surface area contributed by atoms with Gasteiger partial charge in [0.25, 0.3) is 0 Å². The van der Waals surface area contributed by atoms with Crippen LogP contribution in [0.25, 0.3) is 0 Å².